The van der Waals surface area contributed by atoms with Crippen molar-refractivity contribution in [3.05, 3.63) is 130 Å². The molecule has 6 nitrogen and oxygen atoms in total. The molecule has 0 spiro atoms. The third-order valence-corrected chi connectivity index (χ3v) is 5.61. The first-order valence-electron chi connectivity index (χ1n) is 11.7. The second-order valence-corrected chi connectivity index (χ2v) is 8.58. The molecule has 1 aromatic heterocycles. The number of carboxylic acids is 3. The molecule has 0 unspecified atom stereocenters. The molecule has 0 aliphatic rings. The Morgan fingerprint density at radius 2 is 0.946 bits per heavy atom. The summed E-state index contributed by atoms with van der Waals surface area (Å²) >= 11 is 1.87. The van der Waals surface area contributed by atoms with Crippen LogP contribution in [0.4, 0.5) is 0 Å². The van der Waals surface area contributed by atoms with Gasteiger partial charge in [-0.15, -0.1) is 11.3 Å². The minimum Gasteiger partial charge on any atom is -0.478 e. The predicted molar refractivity (Wildman–Crippen MR) is 148 cm³/mol. The number of rotatable bonds is 7. The highest BCUT2D eigenvalue weighted by molar-refractivity contribution is 7.09. The van der Waals surface area contributed by atoms with Gasteiger partial charge in [-0.25, -0.2) is 14.4 Å². The number of hydrogen-bond acceptors (Lipinski definition) is 4. The van der Waals surface area contributed by atoms with Crippen molar-refractivity contribution in [1.29, 1.82) is 0 Å². The number of aromatic carboxylic acids is 3. The van der Waals surface area contributed by atoms with E-state index >= 15 is 0 Å². The first-order valence-corrected chi connectivity index (χ1v) is 12.6. The van der Waals surface area contributed by atoms with Gasteiger partial charge in [0, 0.05) is 4.88 Å². The zero-order valence-corrected chi connectivity index (χ0v) is 21.5. The van der Waals surface area contributed by atoms with E-state index in [1.165, 1.54) is 30.6 Å². The maximum atomic E-state index is 10.2. The fourth-order valence-electron chi connectivity index (χ4n) is 2.75. The highest BCUT2D eigenvalue weighted by atomic mass is 32.1. The van der Waals surface area contributed by atoms with Gasteiger partial charge in [-0.3, -0.25) is 0 Å². The largest absolute Gasteiger partial charge is 0.478 e. The molecule has 0 amide bonds. The lowest BCUT2D eigenvalue weighted by Crippen LogP contribution is -1.93. The lowest BCUT2D eigenvalue weighted by molar-refractivity contribution is 0.0686. The van der Waals surface area contributed by atoms with Crippen LogP contribution >= 0.6 is 11.3 Å². The molecule has 0 bridgehead atoms. The fraction of sp³-hybridized carbons (Fsp3) is 0.167. The molecule has 4 aromatic rings. The van der Waals surface area contributed by atoms with Crippen LogP contribution in [0.3, 0.4) is 0 Å². The van der Waals surface area contributed by atoms with Crippen molar-refractivity contribution >= 4 is 29.2 Å². The summed E-state index contributed by atoms with van der Waals surface area (Å²) in [6.07, 6.45) is 5.34. The molecule has 0 saturated heterocycles. The molecular weight excluding hydrogens is 488 g/mol. The maximum absolute atomic E-state index is 10.2. The predicted octanol–water partition coefficient (Wildman–Crippen LogP) is 7.64. The molecule has 37 heavy (non-hydrogen) atoms. The molecule has 0 saturated carbocycles. The van der Waals surface area contributed by atoms with Gasteiger partial charge in [0.2, 0.25) is 0 Å². The Morgan fingerprint density at radius 3 is 1.19 bits per heavy atom. The van der Waals surface area contributed by atoms with E-state index in [2.05, 4.69) is 24.4 Å². The van der Waals surface area contributed by atoms with Gasteiger partial charge < -0.3 is 15.3 Å². The molecule has 0 fully saturated rings. The molecule has 0 atom stereocenters. The number of unbranched alkanes of at least 4 members (excludes halogenated alkanes) is 2. The number of carboxylic acid groups (broad SMARTS) is 3. The first kappa shape index (κ1) is 30.8. The molecule has 3 N–H and O–H groups in total. The monoisotopic (exact) mass is 520 g/mol. The topological polar surface area (TPSA) is 112 Å². The van der Waals surface area contributed by atoms with Gasteiger partial charge in [0.25, 0.3) is 0 Å². The quantitative estimate of drug-likeness (QED) is 0.216. The van der Waals surface area contributed by atoms with Crippen LogP contribution in [0, 0.1) is 0 Å². The Balaban J connectivity index is 0.000000247. The molecular formula is C30H32O6S. The van der Waals surface area contributed by atoms with Crippen molar-refractivity contribution in [2.45, 2.75) is 32.6 Å². The van der Waals surface area contributed by atoms with Crippen LogP contribution < -0.4 is 0 Å². The van der Waals surface area contributed by atoms with Crippen molar-refractivity contribution in [3.63, 3.8) is 0 Å². The van der Waals surface area contributed by atoms with Gasteiger partial charge in [-0.2, -0.15) is 0 Å². The molecule has 3 aromatic carbocycles. The van der Waals surface area contributed by atoms with Gasteiger partial charge in [-0.05, 0) is 60.7 Å². The summed E-state index contributed by atoms with van der Waals surface area (Å²) in [5.74, 6) is -2.64. The molecule has 7 heteroatoms. The average Bonchev–Trinajstić information content (AvgIpc) is 3.45. The van der Waals surface area contributed by atoms with Gasteiger partial charge in [0.1, 0.15) is 0 Å². The van der Waals surface area contributed by atoms with Crippen LogP contribution in [0.25, 0.3) is 0 Å². The highest BCUT2D eigenvalue weighted by Crippen LogP contribution is 2.12. The van der Waals surface area contributed by atoms with Crippen LogP contribution in [0.5, 0.6) is 0 Å². The normalized spacial score (nSPS) is 9.22. The minimum absolute atomic E-state index is 0.331. The minimum atomic E-state index is -0.879. The van der Waals surface area contributed by atoms with E-state index in [1.54, 1.807) is 91.0 Å². The summed E-state index contributed by atoms with van der Waals surface area (Å²) in [6.45, 7) is 2.24. The van der Waals surface area contributed by atoms with Crippen LogP contribution in [0.15, 0.2) is 109 Å². The number of carbonyl (C=O) groups is 3. The Morgan fingerprint density at radius 1 is 0.568 bits per heavy atom. The van der Waals surface area contributed by atoms with Gasteiger partial charge in [-0.1, -0.05) is 80.4 Å². The van der Waals surface area contributed by atoms with Crippen molar-refractivity contribution in [2.75, 3.05) is 0 Å². The zero-order valence-electron chi connectivity index (χ0n) is 20.7. The van der Waals surface area contributed by atoms with E-state index in [1.807, 2.05) is 11.3 Å². The maximum Gasteiger partial charge on any atom is 0.335 e. The first-order chi connectivity index (χ1) is 17.8. The van der Waals surface area contributed by atoms with Crippen LogP contribution in [-0.2, 0) is 6.42 Å². The highest BCUT2D eigenvalue weighted by Gasteiger charge is 1.98. The van der Waals surface area contributed by atoms with Gasteiger partial charge in [0.15, 0.2) is 0 Å². The Kier molecular flexibility index (Phi) is 15.8. The standard InChI is InChI=1S/C9H14S.3C7H6O2/c1-2-3-4-6-9-7-5-8-10-9;3*8-7(9)6-4-2-1-3-5-6/h5,7-8H,2-4,6H2,1H3;3*1-5H,(H,8,9). The molecule has 194 valence electrons. The molecule has 0 aliphatic carbocycles. The molecule has 4 rings (SSSR count). The second-order valence-electron chi connectivity index (χ2n) is 7.55. The third kappa shape index (κ3) is 14.7. The Bertz CT molecular complexity index is 1030. The fourth-order valence-corrected chi connectivity index (χ4v) is 3.50. The van der Waals surface area contributed by atoms with Crippen LogP contribution in [0.1, 0.15) is 62.1 Å². The summed E-state index contributed by atoms with van der Waals surface area (Å²) < 4.78 is 0. The third-order valence-electron chi connectivity index (χ3n) is 4.67. The number of hydrogen-bond donors (Lipinski definition) is 3. The second kappa shape index (κ2) is 19.0. The van der Waals surface area contributed by atoms with E-state index in [4.69, 9.17) is 15.3 Å². The average molecular weight is 521 g/mol. The summed E-state index contributed by atoms with van der Waals surface area (Å²) in [4.78, 5) is 32.1. The Hall–Kier alpha value is -4.23. The summed E-state index contributed by atoms with van der Waals surface area (Å²) in [5, 5.41) is 27.3. The van der Waals surface area contributed by atoms with Gasteiger partial charge >= 0.3 is 17.9 Å². The SMILES string of the molecule is CCCCCc1cccs1.O=C(O)c1ccccc1.O=C(O)c1ccccc1.O=C(O)c1ccccc1. The lowest BCUT2D eigenvalue weighted by atomic mass is 10.2. The van der Waals surface area contributed by atoms with Crippen molar-refractivity contribution in [3.8, 4) is 0 Å². The molecule has 0 radical (unpaired) electrons. The van der Waals surface area contributed by atoms with E-state index in [9.17, 15) is 14.4 Å². The number of benzene rings is 3. The molecule has 1 heterocycles. The lowest BCUT2D eigenvalue weighted by Gasteiger charge is -1.93. The van der Waals surface area contributed by atoms with Crippen molar-refractivity contribution in [1.82, 2.24) is 0 Å². The number of aryl methyl sites for hydroxylation is 1. The van der Waals surface area contributed by atoms with E-state index < -0.39 is 17.9 Å². The number of thiophene rings is 1. The van der Waals surface area contributed by atoms with Crippen molar-refractivity contribution in [2.24, 2.45) is 0 Å². The van der Waals surface area contributed by atoms with Crippen molar-refractivity contribution < 1.29 is 29.7 Å². The smallest absolute Gasteiger partial charge is 0.335 e. The summed E-state index contributed by atoms with van der Waals surface area (Å²) in [6, 6.07) is 29.2. The van der Waals surface area contributed by atoms with Crippen LogP contribution in [0.2, 0.25) is 0 Å². The van der Waals surface area contributed by atoms with E-state index in [0.717, 1.165) is 0 Å². The van der Waals surface area contributed by atoms with Crippen LogP contribution in [-0.4, -0.2) is 33.2 Å². The van der Waals surface area contributed by atoms with Gasteiger partial charge in [0.05, 0.1) is 16.7 Å². The molecule has 0 aliphatic heterocycles. The van der Waals surface area contributed by atoms with E-state index in [0.29, 0.717) is 16.7 Å². The zero-order chi connectivity index (χ0) is 27.3. The Labute approximate surface area is 221 Å². The van der Waals surface area contributed by atoms with E-state index in [-0.39, 0.29) is 0 Å². The summed E-state index contributed by atoms with van der Waals surface area (Å²) in [5.41, 5.74) is 0.993. The summed E-state index contributed by atoms with van der Waals surface area (Å²) in [7, 11) is 0.